The molecule has 0 aromatic heterocycles. The van der Waals surface area contributed by atoms with Crippen molar-refractivity contribution in [1.29, 1.82) is 0 Å². The molecule has 0 aliphatic carbocycles. The van der Waals surface area contributed by atoms with Crippen molar-refractivity contribution < 1.29 is 0 Å². The average molecular weight is 498 g/mol. The minimum Gasteiger partial charge on any atom is -0.315 e. The zero-order chi connectivity index (χ0) is 25.6. The summed E-state index contributed by atoms with van der Waals surface area (Å²) in [5.74, 6) is 0. The van der Waals surface area contributed by atoms with Crippen LogP contribution in [0.1, 0.15) is 17.5 Å². The molecule has 0 aliphatic rings. The molecular formula is C35H35N3. The number of benzene rings is 6. The maximum atomic E-state index is 3.69. The largest absolute Gasteiger partial charge is 0.315 e. The summed E-state index contributed by atoms with van der Waals surface area (Å²) in [5.41, 5.74) is 2.79. The van der Waals surface area contributed by atoms with E-state index in [2.05, 4.69) is 125 Å². The van der Waals surface area contributed by atoms with Crippen molar-refractivity contribution in [3.63, 3.8) is 0 Å². The number of fused-ring (bicyclic) bond motifs is 4. The molecule has 0 bridgehead atoms. The monoisotopic (exact) mass is 497 g/mol. The van der Waals surface area contributed by atoms with Crippen LogP contribution >= 0.6 is 0 Å². The van der Waals surface area contributed by atoms with Crippen molar-refractivity contribution in [1.82, 2.24) is 16.0 Å². The molecule has 6 rings (SSSR count). The molecule has 0 heterocycles. The SMILES string of the molecule is c1ccc2c(CNCCCNCCNCc3c4ccccc4cc4ccccc34)c3ccccc3cc2c1. The van der Waals surface area contributed by atoms with E-state index in [9.17, 15) is 0 Å². The second-order valence-corrected chi connectivity index (χ2v) is 10.1. The summed E-state index contributed by atoms with van der Waals surface area (Å²) >= 11 is 0. The summed E-state index contributed by atoms with van der Waals surface area (Å²) < 4.78 is 0. The maximum Gasteiger partial charge on any atom is 0.0218 e. The fourth-order valence-corrected chi connectivity index (χ4v) is 5.66. The van der Waals surface area contributed by atoms with Gasteiger partial charge >= 0.3 is 0 Å². The van der Waals surface area contributed by atoms with Gasteiger partial charge < -0.3 is 16.0 Å². The first-order chi connectivity index (χ1) is 18.9. The lowest BCUT2D eigenvalue weighted by Gasteiger charge is -2.13. The summed E-state index contributed by atoms with van der Waals surface area (Å²) in [6.45, 7) is 5.71. The predicted octanol–water partition coefficient (Wildman–Crippen LogP) is 7.16. The predicted molar refractivity (Wildman–Crippen MR) is 164 cm³/mol. The topological polar surface area (TPSA) is 36.1 Å². The van der Waals surface area contributed by atoms with E-state index in [-0.39, 0.29) is 0 Å². The van der Waals surface area contributed by atoms with Crippen LogP contribution in [0.5, 0.6) is 0 Å². The Hall–Kier alpha value is -3.76. The van der Waals surface area contributed by atoms with Gasteiger partial charge in [0.05, 0.1) is 0 Å². The highest BCUT2D eigenvalue weighted by Gasteiger charge is 2.08. The molecule has 6 aromatic carbocycles. The van der Waals surface area contributed by atoms with Gasteiger partial charge in [0.15, 0.2) is 0 Å². The van der Waals surface area contributed by atoms with Crippen molar-refractivity contribution in [3.8, 4) is 0 Å². The maximum absolute atomic E-state index is 3.69. The molecule has 0 saturated heterocycles. The summed E-state index contributed by atoms with van der Waals surface area (Å²) in [4.78, 5) is 0. The molecule has 0 amide bonds. The van der Waals surface area contributed by atoms with E-state index in [1.165, 1.54) is 54.2 Å². The van der Waals surface area contributed by atoms with Crippen LogP contribution in [-0.4, -0.2) is 26.2 Å². The summed E-state index contributed by atoms with van der Waals surface area (Å²) in [6.07, 6.45) is 1.11. The number of hydrogen-bond donors (Lipinski definition) is 3. The number of nitrogens with one attached hydrogen (secondary N) is 3. The van der Waals surface area contributed by atoms with Gasteiger partial charge in [0.25, 0.3) is 0 Å². The molecule has 190 valence electrons. The Morgan fingerprint density at radius 3 is 1.16 bits per heavy atom. The highest BCUT2D eigenvalue weighted by molar-refractivity contribution is 6.03. The smallest absolute Gasteiger partial charge is 0.0218 e. The lowest BCUT2D eigenvalue weighted by molar-refractivity contribution is 0.574. The minimum atomic E-state index is 0.879. The molecule has 0 atom stereocenters. The zero-order valence-corrected chi connectivity index (χ0v) is 21.8. The molecule has 0 saturated carbocycles. The van der Waals surface area contributed by atoms with Gasteiger partial charge in [-0.2, -0.15) is 0 Å². The van der Waals surface area contributed by atoms with Gasteiger partial charge in [0.2, 0.25) is 0 Å². The lowest BCUT2D eigenvalue weighted by atomic mass is 9.97. The van der Waals surface area contributed by atoms with Crippen LogP contribution < -0.4 is 16.0 Å². The Labute approximate surface area is 224 Å². The van der Waals surface area contributed by atoms with E-state index >= 15 is 0 Å². The minimum absolute atomic E-state index is 0.879. The Kier molecular flexibility index (Phi) is 7.59. The molecule has 6 aromatic rings. The number of rotatable bonds is 11. The molecule has 3 nitrogen and oxygen atoms in total. The van der Waals surface area contributed by atoms with Crippen LogP contribution in [0.15, 0.2) is 109 Å². The van der Waals surface area contributed by atoms with Crippen LogP contribution in [0.4, 0.5) is 0 Å². The van der Waals surface area contributed by atoms with Crippen LogP contribution in [-0.2, 0) is 13.1 Å². The van der Waals surface area contributed by atoms with Crippen LogP contribution in [0.3, 0.4) is 0 Å². The normalized spacial score (nSPS) is 11.7. The third-order valence-corrected chi connectivity index (χ3v) is 7.55. The molecule has 3 heteroatoms. The average Bonchev–Trinajstić information content (AvgIpc) is 2.97. The van der Waals surface area contributed by atoms with E-state index in [1.807, 2.05) is 0 Å². The highest BCUT2D eigenvalue weighted by atomic mass is 14.9. The molecule has 0 aliphatic heterocycles. The fourth-order valence-electron chi connectivity index (χ4n) is 5.66. The third kappa shape index (κ3) is 5.27. The van der Waals surface area contributed by atoms with Gasteiger partial charge in [0.1, 0.15) is 0 Å². The molecule has 0 fully saturated rings. The van der Waals surface area contributed by atoms with E-state index in [4.69, 9.17) is 0 Å². The van der Waals surface area contributed by atoms with Gasteiger partial charge in [-0.3, -0.25) is 0 Å². The third-order valence-electron chi connectivity index (χ3n) is 7.55. The van der Waals surface area contributed by atoms with Gasteiger partial charge in [-0.05, 0) is 85.9 Å². The summed E-state index contributed by atoms with van der Waals surface area (Å²) in [6, 6.07) is 39.5. The standard InChI is InChI=1S/C35H35N3/c1-5-14-30-26(10-1)22-27-11-2-6-15-31(27)34(30)24-37-19-9-18-36-20-21-38-25-35-32-16-7-3-12-28(32)23-29-13-4-8-17-33(29)35/h1-8,10-17,22-23,36-38H,9,18-21,24-25H2. The molecular weight excluding hydrogens is 462 g/mol. The number of hydrogen-bond acceptors (Lipinski definition) is 3. The Bertz CT molecular complexity index is 1450. The molecule has 3 N–H and O–H groups in total. The van der Waals surface area contributed by atoms with Crippen molar-refractivity contribution in [2.75, 3.05) is 26.2 Å². The van der Waals surface area contributed by atoms with Crippen molar-refractivity contribution >= 4 is 43.1 Å². The van der Waals surface area contributed by atoms with Gasteiger partial charge in [0, 0.05) is 26.2 Å². The lowest BCUT2D eigenvalue weighted by Crippen LogP contribution is -2.29. The van der Waals surface area contributed by atoms with Crippen LogP contribution in [0.2, 0.25) is 0 Å². The first-order valence-electron chi connectivity index (χ1n) is 13.8. The van der Waals surface area contributed by atoms with E-state index in [0.717, 1.165) is 45.7 Å². The summed E-state index contributed by atoms with van der Waals surface area (Å²) in [7, 11) is 0. The highest BCUT2D eigenvalue weighted by Crippen LogP contribution is 2.29. The van der Waals surface area contributed by atoms with E-state index in [0.29, 0.717) is 0 Å². The van der Waals surface area contributed by atoms with Crippen LogP contribution in [0, 0.1) is 0 Å². The Balaban J connectivity index is 0.964. The molecule has 0 unspecified atom stereocenters. The van der Waals surface area contributed by atoms with Gasteiger partial charge in [-0.15, -0.1) is 0 Å². The molecule has 0 spiro atoms. The Morgan fingerprint density at radius 2 is 0.711 bits per heavy atom. The second kappa shape index (κ2) is 11.7. The van der Waals surface area contributed by atoms with Crippen LogP contribution in [0.25, 0.3) is 43.1 Å². The van der Waals surface area contributed by atoms with Crippen molar-refractivity contribution in [2.45, 2.75) is 19.5 Å². The van der Waals surface area contributed by atoms with Gasteiger partial charge in [-0.1, -0.05) is 97.1 Å². The van der Waals surface area contributed by atoms with E-state index in [1.54, 1.807) is 0 Å². The second-order valence-electron chi connectivity index (χ2n) is 10.1. The first-order valence-corrected chi connectivity index (χ1v) is 13.8. The van der Waals surface area contributed by atoms with E-state index < -0.39 is 0 Å². The molecule has 38 heavy (non-hydrogen) atoms. The fraction of sp³-hybridized carbons (Fsp3) is 0.200. The van der Waals surface area contributed by atoms with Crippen molar-refractivity contribution in [2.24, 2.45) is 0 Å². The molecule has 0 radical (unpaired) electrons. The first kappa shape index (κ1) is 24.6. The quantitative estimate of drug-likeness (QED) is 0.131. The van der Waals surface area contributed by atoms with Crippen molar-refractivity contribution in [3.05, 3.63) is 120 Å². The summed E-state index contributed by atoms with van der Waals surface area (Å²) in [5, 5.41) is 21.6. The Morgan fingerprint density at radius 1 is 0.368 bits per heavy atom. The van der Waals surface area contributed by atoms with Gasteiger partial charge in [-0.25, -0.2) is 0 Å². The zero-order valence-electron chi connectivity index (χ0n) is 21.8.